The van der Waals surface area contributed by atoms with Gasteiger partial charge in [0.15, 0.2) is 0 Å². The van der Waals surface area contributed by atoms with Gasteiger partial charge in [-0.1, -0.05) is 95.7 Å². The van der Waals surface area contributed by atoms with Gasteiger partial charge in [-0.2, -0.15) is 0 Å². The molecule has 0 rings (SSSR count). The van der Waals surface area contributed by atoms with Crippen LogP contribution in [0.5, 0.6) is 0 Å². The summed E-state index contributed by atoms with van der Waals surface area (Å²) in [6.07, 6.45) is 26.4. The molecular formula is C28H36O4. The molecule has 0 aromatic heterocycles. The molecular weight excluding hydrogens is 400 g/mol. The van der Waals surface area contributed by atoms with Crippen LogP contribution in [-0.2, 0) is 19.1 Å². The molecule has 32 heavy (non-hydrogen) atoms. The van der Waals surface area contributed by atoms with E-state index in [0.29, 0.717) is 18.8 Å². The number of hydrogen-bond acceptors (Lipinski definition) is 4. The van der Waals surface area contributed by atoms with Crippen molar-refractivity contribution in [2.45, 2.75) is 41.5 Å². The highest BCUT2D eigenvalue weighted by Crippen LogP contribution is 2.02. The van der Waals surface area contributed by atoms with Gasteiger partial charge in [0.1, 0.15) is 0 Å². The van der Waals surface area contributed by atoms with Gasteiger partial charge < -0.3 is 9.47 Å². The second kappa shape index (κ2) is 18.4. The van der Waals surface area contributed by atoms with Crippen molar-refractivity contribution in [3.63, 3.8) is 0 Å². The molecule has 0 spiro atoms. The Morgan fingerprint density at radius 3 is 1.62 bits per heavy atom. The third-order valence-corrected chi connectivity index (χ3v) is 3.84. The molecule has 0 aromatic rings. The van der Waals surface area contributed by atoms with Crippen molar-refractivity contribution < 1.29 is 19.1 Å². The minimum Gasteiger partial charge on any atom is -0.463 e. The van der Waals surface area contributed by atoms with Crippen molar-refractivity contribution in [2.24, 2.45) is 0 Å². The van der Waals surface area contributed by atoms with Crippen LogP contribution in [0.25, 0.3) is 0 Å². The standard InChI is InChI=1S/C28H36O4/c1-7-31-27(29)22-21-25(5)16-11-9-10-15-23(3)17-12-13-18-24(4)19-14-20-26(6)28(30)32-8-2/h9-22H,7-8H2,1-6H3. The Kier molecular flexibility index (Phi) is 16.4. The second-order valence-corrected chi connectivity index (χ2v) is 6.88. The summed E-state index contributed by atoms with van der Waals surface area (Å²) in [6.45, 7) is 12.0. The zero-order valence-corrected chi connectivity index (χ0v) is 20.1. The van der Waals surface area contributed by atoms with E-state index < -0.39 is 0 Å². The Bertz CT molecular complexity index is 869. The van der Waals surface area contributed by atoms with Crippen molar-refractivity contribution in [3.05, 3.63) is 107 Å². The SMILES string of the molecule is CCOC(=O)C=CC(C)=CC=CC=CC(C)=CC=CC=C(C)C=CC=C(C)C(=O)OCC. The molecule has 4 heteroatoms. The topological polar surface area (TPSA) is 52.6 Å². The summed E-state index contributed by atoms with van der Waals surface area (Å²) in [4.78, 5) is 22.8. The van der Waals surface area contributed by atoms with Gasteiger partial charge in [0, 0.05) is 11.6 Å². The molecule has 0 saturated carbocycles. The van der Waals surface area contributed by atoms with Crippen LogP contribution in [0.15, 0.2) is 107 Å². The summed E-state index contributed by atoms with van der Waals surface area (Å²) in [5, 5.41) is 0. The van der Waals surface area contributed by atoms with Gasteiger partial charge in [-0.3, -0.25) is 0 Å². The fourth-order valence-corrected chi connectivity index (χ4v) is 2.11. The minimum absolute atomic E-state index is 0.292. The van der Waals surface area contributed by atoms with Gasteiger partial charge in [0.05, 0.1) is 13.2 Å². The highest BCUT2D eigenvalue weighted by atomic mass is 16.5. The van der Waals surface area contributed by atoms with Crippen LogP contribution in [0.1, 0.15) is 41.5 Å². The van der Waals surface area contributed by atoms with Crippen molar-refractivity contribution in [3.8, 4) is 0 Å². The van der Waals surface area contributed by atoms with Gasteiger partial charge >= 0.3 is 11.9 Å². The van der Waals surface area contributed by atoms with Crippen LogP contribution >= 0.6 is 0 Å². The van der Waals surface area contributed by atoms with Crippen LogP contribution in [-0.4, -0.2) is 25.2 Å². The molecule has 0 heterocycles. The molecule has 172 valence electrons. The first-order valence-electron chi connectivity index (χ1n) is 10.7. The summed E-state index contributed by atoms with van der Waals surface area (Å²) in [5.74, 6) is -0.626. The number of allylic oxidation sites excluding steroid dienone is 16. The fourth-order valence-electron chi connectivity index (χ4n) is 2.11. The van der Waals surface area contributed by atoms with Crippen molar-refractivity contribution in [1.29, 1.82) is 0 Å². The number of rotatable bonds is 12. The summed E-state index contributed by atoms with van der Waals surface area (Å²) in [5.41, 5.74) is 3.71. The molecule has 0 aromatic carbocycles. The zero-order chi connectivity index (χ0) is 24.2. The number of carbonyl (C=O) groups excluding carboxylic acids is 2. The smallest absolute Gasteiger partial charge is 0.333 e. The van der Waals surface area contributed by atoms with Crippen LogP contribution < -0.4 is 0 Å². The predicted octanol–water partition coefficient (Wildman–Crippen LogP) is 6.68. The van der Waals surface area contributed by atoms with Crippen LogP contribution in [0, 0.1) is 0 Å². The Hall–Kier alpha value is -3.40. The molecule has 0 aliphatic carbocycles. The number of hydrogen-bond donors (Lipinski definition) is 0. The van der Waals surface area contributed by atoms with Gasteiger partial charge in [-0.15, -0.1) is 0 Å². The molecule has 0 N–H and O–H groups in total. The number of carbonyl (C=O) groups is 2. The highest BCUT2D eigenvalue weighted by Gasteiger charge is 2.01. The monoisotopic (exact) mass is 436 g/mol. The Morgan fingerprint density at radius 1 is 0.562 bits per heavy atom. The lowest BCUT2D eigenvalue weighted by atomic mass is 10.2. The van der Waals surface area contributed by atoms with E-state index in [9.17, 15) is 9.59 Å². The van der Waals surface area contributed by atoms with E-state index in [2.05, 4.69) is 0 Å². The average molecular weight is 437 g/mol. The molecule has 0 bridgehead atoms. The molecule has 0 atom stereocenters. The van der Waals surface area contributed by atoms with E-state index in [0.717, 1.165) is 16.7 Å². The van der Waals surface area contributed by atoms with E-state index in [-0.39, 0.29) is 11.9 Å². The van der Waals surface area contributed by atoms with E-state index >= 15 is 0 Å². The zero-order valence-electron chi connectivity index (χ0n) is 20.1. The molecule has 0 unspecified atom stereocenters. The number of esters is 2. The van der Waals surface area contributed by atoms with Crippen LogP contribution in [0.2, 0.25) is 0 Å². The molecule has 0 saturated heterocycles. The predicted molar refractivity (Wildman–Crippen MR) is 134 cm³/mol. The fraction of sp³-hybridized carbons (Fsp3) is 0.286. The average Bonchev–Trinajstić information content (AvgIpc) is 2.75. The minimum atomic E-state index is -0.333. The molecule has 0 radical (unpaired) electrons. The first-order valence-corrected chi connectivity index (χ1v) is 10.7. The second-order valence-electron chi connectivity index (χ2n) is 6.88. The molecule has 4 nitrogen and oxygen atoms in total. The third-order valence-electron chi connectivity index (χ3n) is 3.84. The summed E-state index contributed by atoms with van der Waals surface area (Å²) >= 11 is 0. The van der Waals surface area contributed by atoms with Crippen molar-refractivity contribution >= 4 is 11.9 Å². The van der Waals surface area contributed by atoms with E-state index in [1.807, 2.05) is 87.6 Å². The van der Waals surface area contributed by atoms with E-state index in [4.69, 9.17) is 9.47 Å². The molecule has 0 aliphatic heterocycles. The first-order chi connectivity index (χ1) is 15.3. The van der Waals surface area contributed by atoms with Crippen LogP contribution in [0.3, 0.4) is 0 Å². The maximum Gasteiger partial charge on any atom is 0.333 e. The van der Waals surface area contributed by atoms with E-state index in [1.54, 1.807) is 32.9 Å². The first kappa shape index (κ1) is 28.6. The van der Waals surface area contributed by atoms with E-state index in [1.165, 1.54) is 6.08 Å². The molecule has 0 amide bonds. The van der Waals surface area contributed by atoms with Crippen LogP contribution in [0.4, 0.5) is 0 Å². The molecule has 0 aliphatic rings. The van der Waals surface area contributed by atoms with Crippen molar-refractivity contribution in [2.75, 3.05) is 13.2 Å². The lowest BCUT2D eigenvalue weighted by Gasteiger charge is -1.99. The number of ether oxygens (including phenoxy) is 2. The maximum absolute atomic E-state index is 11.5. The Balaban J connectivity index is 4.61. The summed E-state index contributed by atoms with van der Waals surface area (Å²) in [7, 11) is 0. The Labute approximate surface area is 193 Å². The van der Waals surface area contributed by atoms with Gasteiger partial charge in [-0.25, -0.2) is 9.59 Å². The maximum atomic E-state index is 11.5. The largest absolute Gasteiger partial charge is 0.463 e. The van der Waals surface area contributed by atoms with Gasteiger partial charge in [0.2, 0.25) is 0 Å². The molecule has 0 fully saturated rings. The van der Waals surface area contributed by atoms with Gasteiger partial charge in [0.25, 0.3) is 0 Å². The highest BCUT2D eigenvalue weighted by molar-refractivity contribution is 5.88. The van der Waals surface area contributed by atoms with Crippen molar-refractivity contribution in [1.82, 2.24) is 0 Å². The quantitative estimate of drug-likeness (QED) is 0.194. The normalized spacial score (nSPS) is 14.6. The third kappa shape index (κ3) is 16.4. The summed E-state index contributed by atoms with van der Waals surface area (Å²) in [6, 6.07) is 0. The lowest BCUT2D eigenvalue weighted by Crippen LogP contribution is -2.04. The Morgan fingerprint density at radius 2 is 1.06 bits per heavy atom. The lowest BCUT2D eigenvalue weighted by molar-refractivity contribution is -0.138. The van der Waals surface area contributed by atoms with Gasteiger partial charge in [-0.05, 0) is 41.5 Å². The summed E-state index contributed by atoms with van der Waals surface area (Å²) < 4.78 is 9.77.